The number of aliphatic hydroxyl groups is 1. The fraction of sp³-hybridized carbons (Fsp3) is 0.360. The number of carbonyl (C=O) groups is 1. The van der Waals surface area contributed by atoms with Gasteiger partial charge in [0.25, 0.3) is 5.91 Å². The molecule has 2 bridgehead atoms. The highest BCUT2D eigenvalue weighted by molar-refractivity contribution is 6.30. The van der Waals surface area contributed by atoms with E-state index in [9.17, 15) is 23.1 Å². The van der Waals surface area contributed by atoms with Gasteiger partial charge in [-0.3, -0.25) is 9.78 Å². The van der Waals surface area contributed by atoms with Gasteiger partial charge in [0.05, 0.1) is 11.6 Å². The number of carbonyl (C=O) groups excluding carboxylic acids is 1. The molecule has 6 nitrogen and oxygen atoms in total. The zero-order chi connectivity index (χ0) is 24.6. The molecule has 0 spiro atoms. The highest BCUT2D eigenvalue weighted by atomic mass is 35.5. The minimum Gasteiger partial charge on any atom is -0.480 e. The summed E-state index contributed by atoms with van der Waals surface area (Å²) in [5.74, 6) is 0.210. The summed E-state index contributed by atoms with van der Waals surface area (Å²) in [6, 6.07) is 9.22. The van der Waals surface area contributed by atoms with Crippen LogP contribution in [0.15, 0.2) is 55.0 Å². The Morgan fingerprint density at radius 2 is 1.94 bits per heavy atom. The van der Waals surface area contributed by atoms with Crippen LogP contribution in [0.2, 0.25) is 5.02 Å². The Bertz CT molecular complexity index is 1300. The molecule has 1 aromatic carbocycles. The Morgan fingerprint density at radius 1 is 1.17 bits per heavy atom. The van der Waals surface area contributed by atoms with Crippen molar-refractivity contribution in [2.75, 3.05) is 0 Å². The largest absolute Gasteiger partial charge is 0.480 e. The van der Waals surface area contributed by atoms with Crippen molar-refractivity contribution in [1.29, 1.82) is 0 Å². The highest BCUT2D eigenvalue weighted by Crippen LogP contribution is 2.65. The molecule has 2 N–H and O–H groups in total. The number of nitrogens with zero attached hydrogens (tertiary/aromatic N) is 2. The van der Waals surface area contributed by atoms with Crippen LogP contribution in [0.4, 0.5) is 13.2 Å². The standard InChI is InChI=1S/C25H21ClF3N3O3/c26-16-2-3-19-17(7-16)18(33)8-20(35-19)22(34)31-23-11-24(12-23,13-23)32-6-5-15(10-32)14-1-4-21(30-9-14)25(27,28)29/h1-7,9-10,18,20,33H,8,11-13H2,(H,31,34)/t18-,20-,23?,24?/m1/s1. The number of halogens is 4. The van der Waals surface area contributed by atoms with Gasteiger partial charge in [-0.2, -0.15) is 13.2 Å². The predicted molar refractivity (Wildman–Crippen MR) is 121 cm³/mol. The molecule has 1 amide bonds. The molecule has 35 heavy (non-hydrogen) atoms. The first-order valence-corrected chi connectivity index (χ1v) is 11.6. The van der Waals surface area contributed by atoms with Gasteiger partial charge in [-0.1, -0.05) is 17.7 Å². The maximum Gasteiger partial charge on any atom is 0.433 e. The summed E-state index contributed by atoms with van der Waals surface area (Å²) >= 11 is 5.99. The van der Waals surface area contributed by atoms with Crippen molar-refractivity contribution >= 4 is 17.5 Å². The van der Waals surface area contributed by atoms with E-state index in [1.54, 1.807) is 18.2 Å². The third-order valence-corrected chi connectivity index (χ3v) is 7.58. The van der Waals surface area contributed by atoms with E-state index in [1.807, 2.05) is 18.5 Å². The van der Waals surface area contributed by atoms with Crippen molar-refractivity contribution in [2.24, 2.45) is 0 Å². The van der Waals surface area contributed by atoms with Crippen LogP contribution >= 0.6 is 11.6 Å². The van der Waals surface area contributed by atoms with Crippen molar-refractivity contribution in [2.45, 2.75) is 55.1 Å². The molecule has 182 valence electrons. The second-order valence-electron chi connectivity index (χ2n) is 9.80. The van der Waals surface area contributed by atoms with Crippen molar-refractivity contribution in [3.63, 3.8) is 0 Å². The lowest BCUT2D eigenvalue weighted by atomic mass is 9.44. The van der Waals surface area contributed by atoms with Crippen LogP contribution in [0.1, 0.15) is 43.0 Å². The molecule has 3 saturated carbocycles. The number of hydrogen-bond donors (Lipinski definition) is 2. The fourth-order valence-electron chi connectivity index (χ4n) is 5.66. The van der Waals surface area contributed by atoms with Crippen LogP contribution in [0, 0.1) is 0 Å². The second kappa shape index (κ2) is 7.48. The maximum atomic E-state index is 12.9. The van der Waals surface area contributed by atoms with Gasteiger partial charge in [0.1, 0.15) is 11.4 Å². The van der Waals surface area contributed by atoms with Gasteiger partial charge in [-0.25, -0.2) is 0 Å². The number of aliphatic hydroxyl groups excluding tert-OH is 1. The zero-order valence-corrected chi connectivity index (χ0v) is 19.1. The molecule has 3 aliphatic carbocycles. The van der Waals surface area contributed by atoms with Gasteiger partial charge in [0, 0.05) is 52.3 Å². The number of amides is 1. The van der Waals surface area contributed by atoms with Crippen LogP contribution in [-0.2, 0) is 16.5 Å². The van der Waals surface area contributed by atoms with E-state index in [0.29, 0.717) is 21.9 Å². The molecule has 0 unspecified atom stereocenters. The first kappa shape index (κ1) is 22.4. The normalized spacial score (nSPS) is 28.8. The van der Waals surface area contributed by atoms with Crippen LogP contribution < -0.4 is 10.1 Å². The highest BCUT2D eigenvalue weighted by Gasteiger charge is 2.69. The number of ether oxygens (including phenoxy) is 1. The molecule has 3 heterocycles. The minimum atomic E-state index is -4.47. The molecular weight excluding hydrogens is 483 g/mol. The number of nitrogens with one attached hydrogen (secondary N) is 1. The van der Waals surface area contributed by atoms with Crippen LogP contribution in [0.25, 0.3) is 11.1 Å². The molecule has 2 aromatic heterocycles. The second-order valence-corrected chi connectivity index (χ2v) is 10.2. The van der Waals surface area contributed by atoms with Crippen molar-refractivity contribution < 1.29 is 27.8 Å². The fourth-order valence-corrected chi connectivity index (χ4v) is 5.84. The predicted octanol–water partition coefficient (Wildman–Crippen LogP) is 4.85. The number of benzene rings is 1. The third kappa shape index (κ3) is 3.68. The number of fused-ring (bicyclic) bond motifs is 1. The lowest BCUT2D eigenvalue weighted by Gasteiger charge is -2.71. The molecule has 10 heteroatoms. The van der Waals surface area contributed by atoms with Crippen LogP contribution in [-0.4, -0.2) is 32.2 Å². The number of hydrogen-bond acceptors (Lipinski definition) is 4. The van der Waals surface area contributed by atoms with E-state index < -0.39 is 24.1 Å². The van der Waals surface area contributed by atoms with Crippen molar-refractivity contribution in [1.82, 2.24) is 14.9 Å². The van der Waals surface area contributed by atoms with Gasteiger partial charge in [0.15, 0.2) is 6.10 Å². The van der Waals surface area contributed by atoms with Gasteiger partial charge >= 0.3 is 6.18 Å². The Balaban J connectivity index is 1.09. The van der Waals surface area contributed by atoms with Crippen LogP contribution in [0.3, 0.4) is 0 Å². The molecule has 1 aliphatic heterocycles. The average molecular weight is 504 g/mol. The van der Waals surface area contributed by atoms with Gasteiger partial charge in [-0.05, 0) is 49.6 Å². The van der Waals surface area contributed by atoms with Crippen molar-refractivity contribution in [3.05, 3.63) is 71.3 Å². The van der Waals surface area contributed by atoms with E-state index >= 15 is 0 Å². The molecule has 7 rings (SSSR count). The topological polar surface area (TPSA) is 76.4 Å². The Morgan fingerprint density at radius 3 is 2.63 bits per heavy atom. The van der Waals surface area contributed by atoms with E-state index in [2.05, 4.69) is 14.9 Å². The first-order valence-electron chi connectivity index (χ1n) is 11.2. The van der Waals surface area contributed by atoms with E-state index in [0.717, 1.165) is 30.9 Å². The van der Waals surface area contributed by atoms with Gasteiger partial charge in [-0.15, -0.1) is 0 Å². The smallest absolute Gasteiger partial charge is 0.433 e. The lowest BCUT2D eigenvalue weighted by molar-refractivity contribution is -0.161. The summed E-state index contributed by atoms with van der Waals surface area (Å²) in [6.45, 7) is 0. The van der Waals surface area contributed by atoms with Gasteiger partial charge < -0.3 is 19.7 Å². The first-order chi connectivity index (χ1) is 16.6. The Kier molecular flexibility index (Phi) is 4.79. The minimum absolute atomic E-state index is 0.110. The SMILES string of the molecule is O=C(NC12CC(n3ccc(-c4ccc(C(F)(F)F)nc4)c3)(C1)C2)[C@H]1C[C@@H](O)c2cc(Cl)ccc2O1. The lowest BCUT2D eigenvalue weighted by Crippen LogP contribution is -2.79. The van der Waals surface area contributed by atoms with E-state index in [4.69, 9.17) is 16.3 Å². The molecule has 3 aromatic rings. The molecule has 4 aliphatic rings. The van der Waals surface area contributed by atoms with E-state index in [1.165, 1.54) is 12.3 Å². The summed E-state index contributed by atoms with van der Waals surface area (Å²) in [4.78, 5) is 16.4. The number of aromatic nitrogens is 2. The van der Waals surface area contributed by atoms with Crippen molar-refractivity contribution in [3.8, 4) is 16.9 Å². The Labute approximate surface area is 203 Å². The van der Waals surface area contributed by atoms with Gasteiger partial charge in [0.2, 0.25) is 0 Å². The molecule has 0 saturated heterocycles. The number of rotatable bonds is 4. The summed E-state index contributed by atoms with van der Waals surface area (Å²) in [6.07, 6.45) is 1.41. The Hall–Kier alpha value is -3.04. The zero-order valence-electron chi connectivity index (χ0n) is 18.3. The summed E-state index contributed by atoms with van der Waals surface area (Å²) < 4.78 is 46.2. The third-order valence-electron chi connectivity index (χ3n) is 7.35. The number of pyridine rings is 1. The summed E-state index contributed by atoms with van der Waals surface area (Å²) in [5, 5.41) is 14.1. The van der Waals surface area contributed by atoms with Crippen LogP contribution in [0.5, 0.6) is 5.75 Å². The molecule has 0 radical (unpaired) electrons. The molecular formula is C25H21ClF3N3O3. The maximum absolute atomic E-state index is 12.9. The number of alkyl halides is 3. The molecule has 2 atom stereocenters. The monoisotopic (exact) mass is 503 g/mol. The molecule has 3 fully saturated rings. The average Bonchev–Trinajstić information content (AvgIpc) is 3.25. The quantitative estimate of drug-likeness (QED) is 0.533. The summed E-state index contributed by atoms with van der Waals surface area (Å²) in [7, 11) is 0. The van der Waals surface area contributed by atoms with E-state index in [-0.39, 0.29) is 23.4 Å². The summed E-state index contributed by atoms with van der Waals surface area (Å²) in [5.41, 5.74) is 0.656.